The molecule has 0 spiro atoms. The number of H-pyrrole nitrogens is 1. The molecule has 8 heteroatoms. The van der Waals surface area contributed by atoms with Crippen LogP contribution in [-0.2, 0) is 24.3 Å². The largest absolute Gasteiger partial charge is 0.494 e. The summed E-state index contributed by atoms with van der Waals surface area (Å²) in [6.45, 7) is 2.80. The van der Waals surface area contributed by atoms with Crippen molar-refractivity contribution in [3.63, 3.8) is 0 Å². The number of carbonyl (C=O) groups is 1. The molecule has 1 aromatic heterocycles. The van der Waals surface area contributed by atoms with Crippen molar-refractivity contribution in [2.45, 2.75) is 32.9 Å². The summed E-state index contributed by atoms with van der Waals surface area (Å²) in [5.74, 6) is 0.436. The van der Waals surface area contributed by atoms with Crippen LogP contribution in [0.2, 0.25) is 0 Å². The number of aromatic amines is 1. The van der Waals surface area contributed by atoms with Gasteiger partial charge in [-0.3, -0.25) is 19.1 Å². The van der Waals surface area contributed by atoms with E-state index in [1.54, 1.807) is 0 Å². The van der Waals surface area contributed by atoms with Crippen LogP contribution in [0, 0.1) is 0 Å². The first-order valence-electron chi connectivity index (χ1n) is 12.2. The normalized spacial score (nSPS) is 10.7. The zero-order valence-electron chi connectivity index (χ0n) is 20.7. The highest BCUT2D eigenvalue weighted by Crippen LogP contribution is 2.22. The van der Waals surface area contributed by atoms with Crippen LogP contribution in [0.5, 0.6) is 5.75 Å². The number of nitrogens with two attached hydrogens (primary N) is 1. The Balaban J connectivity index is 1.66. The Bertz CT molecular complexity index is 1450. The molecule has 0 aliphatic carbocycles. The summed E-state index contributed by atoms with van der Waals surface area (Å²) in [7, 11) is 0. The highest BCUT2D eigenvalue weighted by Gasteiger charge is 2.24. The Morgan fingerprint density at radius 2 is 1.51 bits per heavy atom. The molecule has 0 aliphatic rings. The second kappa shape index (κ2) is 11.9. The molecule has 1 amide bonds. The van der Waals surface area contributed by atoms with Gasteiger partial charge in [-0.05, 0) is 42.2 Å². The van der Waals surface area contributed by atoms with Gasteiger partial charge in [0.2, 0.25) is 5.91 Å². The van der Waals surface area contributed by atoms with Crippen LogP contribution in [0.3, 0.4) is 0 Å². The summed E-state index contributed by atoms with van der Waals surface area (Å²) >= 11 is 0. The standard InChI is InChI=1S/C29H30N4O4/c1-2-37-24-16-13-21(14-17-24)15-18-25(34)32(19-22-9-5-3-6-10-22)26-27(30)33(29(36)31-28(26)35)20-23-11-7-4-8-12-23/h3-14,16-17H,2,15,18-20,30H2,1H3,(H,31,35,36). The Kier molecular flexibility index (Phi) is 8.20. The van der Waals surface area contributed by atoms with Crippen molar-refractivity contribution < 1.29 is 9.53 Å². The number of aromatic nitrogens is 2. The zero-order chi connectivity index (χ0) is 26.2. The fourth-order valence-electron chi connectivity index (χ4n) is 4.12. The fourth-order valence-corrected chi connectivity index (χ4v) is 4.12. The van der Waals surface area contributed by atoms with Crippen LogP contribution >= 0.6 is 0 Å². The van der Waals surface area contributed by atoms with Crippen molar-refractivity contribution in [2.24, 2.45) is 0 Å². The smallest absolute Gasteiger partial charge is 0.330 e. The van der Waals surface area contributed by atoms with Crippen molar-refractivity contribution in [3.05, 3.63) is 122 Å². The van der Waals surface area contributed by atoms with E-state index in [0.29, 0.717) is 13.0 Å². The number of anilines is 2. The maximum Gasteiger partial charge on any atom is 0.330 e. The fraction of sp³-hybridized carbons (Fsp3) is 0.207. The van der Waals surface area contributed by atoms with E-state index in [2.05, 4.69) is 4.98 Å². The summed E-state index contributed by atoms with van der Waals surface area (Å²) in [5, 5.41) is 0. The number of rotatable bonds is 10. The molecular formula is C29H30N4O4. The minimum Gasteiger partial charge on any atom is -0.494 e. The molecule has 0 saturated carbocycles. The van der Waals surface area contributed by atoms with Gasteiger partial charge in [0, 0.05) is 6.42 Å². The van der Waals surface area contributed by atoms with Gasteiger partial charge in [0.15, 0.2) is 5.69 Å². The van der Waals surface area contributed by atoms with Gasteiger partial charge in [0.25, 0.3) is 5.56 Å². The monoisotopic (exact) mass is 498 g/mol. The average molecular weight is 499 g/mol. The molecule has 1 heterocycles. The van der Waals surface area contributed by atoms with E-state index in [9.17, 15) is 14.4 Å². The van der Waals surface area contributed by atoms with Crippen LogP contribution in [0.1, 0.15) is 30.0 Å². The first kappa shape index (κ1) is 25.5. The lowest BCUT2D eigenvalue weighted by Gasteiger charge is -2.25. The molecule has 0 saturated heterocycles. The summed E-state index contributed by atoms with van der Waals surface area (Å²) in [6.07, 6.45) is 0.621. The molecular weight excluding hydrogens is 468 g/mol. The maximum atomic E-state index is 13.6. The second-order valence-corrected chi connectivity index (χ2v) is 8.61. The average Bonchev–Trinajstić information content (AvgIpc) is 2.91. The highest BCUT2D eigenvalue weighted by molar-refractivity contribution is 5.95. The van der Waals surface area contributed by atoms with E-state index in [4.69, 9.17) is 10.5 Å². The summed E-state index contributed by atoms with van der Waals surface area (Å²) in [6, 6.07) is 26.2. The quantitative estimate of drug-likeness (QED) is 0.346. The number of nitrogens with zero attached hydrogens (tertiary/aromatic N) is 2. The molecule has 0 fully saturated rings. The number of carbonyl (C=O) groups excluding carboxylic acids is 1. The number of amides is 1. The summed E-state index contributed by atoms with van der Waals surface area (Å²) < 4.78 is 6.77. The molecule has 3 N–H and O–H groups in total. The zero-order valence-corrected chi connectivity index (χ0v) is 20.7. The molecule has 4 rings (SSSR count). The third kappa shape index (κ3) is 6.35. The third-order valence-corrected chi connectivity index (χ3v) is 6.01. The van der Waals surface area contributed by atoms with Gasteiger partial charge in [-0.2, -0.15) is 0 Å². The number of hydrogen-bond donors (Lipinski definition) is 2. The molecule has 4 aromatic rings. The Morgan fingerprint density at radius 3 is 2.14 bits per heavy atom. The maximum absolute atomic E-state index is 13.6. The van der Waals surface area contributed by atoms with Crippen LogP contribution in [0.25, 0.3) is 0 Å². The number of nitrogens with one attached hydrogen (secondary N) is 1. The van der Waals surface area contributed by atoms with E-state index in [1.165, 1.54) is 9.47 Å². The van der Waals surface area contributed by atoms with Gasteiger partial charge in [0.1, 0.15) is 11.6 Å². The highest BCUT2D eigenvalue weighted by atomic mass is 16.5. The minimum absolute atomic E-state index is 0.0314. The van der Waals surface area contributed by atoms with Gasteiger partial charge in [-0.15, -0.1) is 0 Å². The van der Waals surface area contributed by atoms with Gasteiger partial charge < -0.3 is 15.4 Å². The van der Waals surface area contributed by atoms with Crippen LogP contribution in [0.4, 0.5) is 11.5 Å². The van der Waals surface area contributed by atoms with Crippen LogP contribution in [0.15, 0.2) is 94.5 Å². The van der Waals surface area contributed by atoms with E-state index in [1.807, 2.05) is 91.9 Å². The van der Waals surface area contributed by atoms with Crippen molar-refractivity contribution in [2.75, 3.05) is 17.2 Å². The lowest BCUT2D eigenvalue weighted by atomic mass is 10.1. The number of hydrogen-bond acceptors (Lipinski definition) is 5. The molecule has 0 radical (unpaired) electrons. The predicted octanol–water partition coefficient (Wildman–Crippen LogP) is 3.73. The first-order valence-corrected chi connectivity index (χ1v) is 12.2. The lowest BCUT2D eigenvalue weighted by Crippen LogP contribution is -2.41. The molecule has 0 aliphatic heterocycles. The van der Waals surface area contributed by atoms with E-state index >= 15 is 0 Å². The van der Waals surface area contributed by atoms with Crippen molar-refractivity contribution in [1.29, 1.82) is 0 Å². The van der Waals surface area contributed by atoms with Crippen molar-refractivity contribution in [3.8, 4) is 5.75 Å². The molecule has 190 valence electrons. The SMILES string of the molecule is CCOc1ccc(CCC(=O)N(Cc2ccccc2)c2c(N)n(Cc3ccccc3)c(=O)[nH]c2=O)cc1. The molecule has 0 bridgehead atoms. The van der Waals surface area contributed by atoms with Crippen LogP contribution < -0.4 is 26.6 Å². The number of benzene rings is 3. The Hall–Kier alpha value is -4.59. The summed E-state index contributed by atoms with van der Waals surface area (Å²) in [4.78, 5) is 43.0. The molecule has 37 heavy (non-hydrogen) atoms. The molecule has 8 nitrogen and oxygen atoms in total. The van der Waals surface area contributed by atoms with Crippen LogP contribution in [-0.4, -0.2) is 22.1 Å². The molecule has 0 atom stereocenters. The van der Waals surface area contributed by atoms with Crippen molar-refractivity contribution in [1.82, 2.24) is 9.55 Å². The predicted molar refractivity (Wildman–Crippen MR) is 145 cm³/mol. The Labute approximate surface area is 215 Å². The second-order valence-electron chi connectivity index (χ2n) is 8.61. The molecule has 3 aromatic carbocycles. The van der Waals surface area contributed by atoms with Gasteiger partial charge >= 0.3 is 5.69 Å². The number of nitrogen functional groups attached to an aromatic ring is 1. The lowest BCUT2D eigenvalue weighted by molar-refractivity contribution is -0.118. The van der Waals surface area contributed by atoms with E-state index < -0.39 is 11.2 Å². The van der Waals surface area contributed by atoms with Gasteiger partial charge in [0.05, 0.1) is 19.7 Å². The Morgan fingerprint density at radius 1 is 0.892 bits per heavy atom. The number of ether oxygens (including phenoxy) is 1. The van der Waals surface area contributed by atoms with Gasteiger partial charge in [-0.1, -0.05) is 72.8 Å². The van der Waals surface area contributed by atoms with E-state index in [-0.39, 0.29) is 36.9 Å². The van der Waals surface area contributed by atoms with Crippen molar-refractivity contribution >= 4 is 17.4 Å². The van der Waals surface area contributed by atoms with Gasteiger partial charge in [-0.25, -0.2) is 4.79 Å². The molecule has 0 unspecified atom stereocenters. The first-order chi connectivity index (χ1) is 18.0. The summed E-state index contributed by atoms with van der Waals surface area (Å²) in [5.41, 5.74) is 7.69. The minimum atomic E-state index is -0.697. The van der Waals surface area contributed by atoms with E-state index in [0.717, 1.165) is 22.4 Å². The topological polar surface area (TPSA) is 110 Å². The third-order valence-electron chi connectivity index (χ3n) is 6.01. The number of aryl methyl sites for hydroxylation is 1.